The number of carbonyl (C=O) groups is 1. The van der Waals surface area contributed by atoms with Gasteiger partial charge < -0.3 is 15.3 Å². The number of nitrogens with zero attached hydrogens (tertiary/aromatic N) is 1. The molecule has 3 N–H and O–H groups in total. The topological polar surface area (TPSA) is 63.8 Å². The first kappa shape index (κ1) is 14.0. The molecule has 2 rings (SSSR count). The molecule has 7 heteroatoms. The van der Waals surface area contributed by atoms with Crippen molar-refractivity contribution in [3.8, 4) is 0 Å². The molecule has 0 saturated heterocycles. The molecule has 19 heavy (non-hydrogen) atoms. The number of imidazole rings is 1. The first-order valence-corrected chi connectivity index (χ1v) is 6.38. The van der Waals surface area contributed by atoms with Gasteiger partial charge >= 0.3 is 0 Å². The number of hydrogen-bond donors (Lipinski definition) is 2. The van der Waals surface area contributed by atoms with E-state index in [0.29, 0.717) is 15.8 Å². The summed E-state index contributed by atoms with van der Waals surface area (Å²) in [6, 6.07) is 2.76. The third-order valence-corrected chi connectivity index (χ3v) is 3.65. The number of rotatable bonds is 3. The van der Waals surface area contributed by atoms with Gasteiger partial charge in [0.15, 0.2) is 4.77 Å². The maximum atomic E-state index is 13.5. The number of amides is 1. The van der Waals surface area contributed by atoms with Crippen molar-refractivity contribution in [2.75, 3.05) is 0 Å². The van der Waals surface area contributed by atoms with Gasteiger partial charge in [0.05, 0.1) is 21.5 Å². The Morgan fingerprint density at radius 2 is 2.21 bits per heavy atom. The van der Waals surface area contributed by atoms with E-state index in [9.17, 15) is 9.18 Å². The lowest BCUT2D eigenvalue weighted by atomic mass is 9.92. The lowest BCUT2D eigenvalue weighted by molar-refractivity contribution is -0.126. The van der Waals surface area contributed by atoms with Crippen molar-refractivity contribution in [3.63, 3.8) is 0 Å². The van der Waals surface area contributed by atoms with Gasteiger partial charge in [0.25, 0.3) is 0 Å². The van der Waals surface area contributed by atoms with Crippen molar-refractivity contribution in [3.05, 3.63) is 27.7 Å². The molecule has 0 spiro atoms. The Balaban J connectivity index is 2.61. The Bertz CT molecular complexity index is 720. The van der Waals surface area contributed by atoms with Gasteiger partial charge in [0, 0.05) is 12.6 Å². The Hall–Kier alpha value is -1.40. The summed E-state index contributed by atoms with van der Waals surface area (Å²) in [4.78, 5) is 14.3. The zero-order valence-electron chi connectivity index (χ0n) is 10.5. The van der Waals surface area contributed by atoms with Crippen molar-refractivity contribution < 1.29 is 9.18 Å². The molecule has 0 aliphatic heterocycles. The van der Waals surface area contributed by atoms with Crippen LogP contribution < -0.4 is 5.73 Å². The molecule has 0 bridgehead atoms. The standard InChI is InChI=1S/C12H13ClFN3OS/c1-12(2,10(15)18)5-17-9-4-7(14)6(13)3-8(9)16-11(17)19/h3-4H,5H2,1-2H3,(H2,15,18)(H,16,19). The molecule has 2 aromatic rings. The van der Waals surface area contributed by atoms with E-state index in [2.05, 4.69) is 4.98 Å². The van der Waals surface area contributed by atoms with Crippen LogP contribution in [0.3, 0.4) is 0 Å². The molecule has 0 atom stereocenters. The summed E-state index contributed by atoms with van der Waals surface area (Å²) in [5, 5.41) is 0.0186. The van der Waals surface area contributed by atoms with Crippen LogP contribution in [-0.2, 0) is 11.3 Å². The molecule has 0 aliphatic carbocycles. The minimum absolute atomic E-state index is 0.0186. The average Bonchev–Trinajstić information content (AvgIpc) is 2.56. The second kappa shape index (κ2) is 4.61. The molecular formula is C12H13ClFN3OS. The smallest absolute Gasteiger partial charge is 0.224 e. The lowest BCUT2D eigenvalue weighted by Crippen LogP contribution is -2.35. The number of nitrogens with one attached hydrogen (secondary N) is 1. The number of nitrogens with two attached hydrogens (primary N) is 1. The summed E-state index contributed by atoms with van der Waals surface area (Å²) >= 11 is 10.9. The Labute approximate surface area is 119 Å². The largest absolute Gasteiger partial charge is 0.369 e. The third-order valence-electron chi connectivity index (χ3n) is 3.04. The summed E-state index contributed by atoms with van der Waals surface area (Å²) in [6.45, 7) is 3.69. The van der Waals surface area contributed by atoms with Crippen molar-refractivity contribution in [2.24, 2.45) is 11.1 Å². The zero-order valence-corrected chi connectivity index (χ0v) is 12.0. The van der Waals surface area contributed by atoms with Crippen LogP contribution in [0.5, 0.6) is 0 Å². The predicted octanol–water partition coefficient (Wildman–Crippen LogP) is 3.00. The van der Waals surface area contributed by atoms with Crippen molar-refractivity contribution in [2.45, 2.75) is 20.4 Å². The van der Waals surface area contributed by atoms with Gasteiger partial charge in [0.1, 0.15) is 5.82 Å². The highest BCUT2D eigenvalue weighted by atomic mass is 35.5. The number of hydrogen-bond acceptors (Lipinski definition) is 2. The number of aromatic nitrogens is 2. The summed E-state index contributed by atoms with van der Waals surface area (Å²) in [6.07, 6.45) is 0. The van der Waals surface area contributed by atoms with E-state index in [1.54, 1.807) is 18.4 Å². The fraction of sp³-hybridized carbons (Fsp3) is 0.333. The first-order chi connectivity index (χ1) is 8.72. The van der Waals surface area contributed by atoms with Gasteiger partial charge in [-0.15, -0.1) is 0 Å². The van der Waals surface area contributed by atoms with Crippen LogP contribution in [0.1, 0.15) is 13.8 Å². The van der Waals surface area contributed by atoms with Crippen molar-refractivity contribution in [1.29, 1.82) is 0 Å². The number of aromatic amines is 1. The SMILES string of the molecule is CC(C)(Cn1c(=S)[nH]c2cc(Cl)c(F)cc21)C(N)=O. The molecule has 0 fully saturated rings. The number of H-pyrrole nitrogens is 1. The fourth-order valence-electron chi connectivity index (χ4n) is 1.78. The van der Waals surface area contributed by atoms with Gasteiger partial charge in [-0.3, -0.25) is 4.79 Å². The van der Waals surface area contributed by atoms with Crippen LogP contribution in [0.4, 0.5) is 4.39 Å². The van der Waals surface area contributed by atoms with Crippen LogP contribution in [-0.4, -0.2) is 15.5 Å². The molecule has 1 heterocycles. The Kier molecular flexibility index (Phi) is 3.40. The van der Waals surface area contributed by atoms with E-state index < -0.39 is 17.1 Å². The zero-order chi connectivity index (χ0) is 14.4. The molecule has 1 amide bonds. The molecule has 4 nitrogen and oxygen atoms in total. The molecule has 102 valence electrons. The van der Waals surface area contributed by atoms with E-state index in [-0.39, 0.29) is 11.6 Å². The van der Waals surface area contributed by atoms with Crippen LogP contribution in [0, 0.1) is 16.0 Å². The second-order valence-corrected chi connectivity index (χ2v) is 5.84. The van der Waals surface area contributed by atoms with E-state index in [1.807, 2.05) is 0 Å². The molecule has 0 unspecified atom stereocenters. The van der Waals surface area contributed by atoms with E-state index in [1.165, 1.54) is 12.1 Å². The van der Waals surface area contributed by atoms with Crippen molar-refractivity contribution >= 4 is 40.8 Å². The van der Waals surface area contributed by atoms with Gasteiger partial charge in [-0.2, -0.15) is 0 Å². The second-order valence-electron chi connectivity index (χ2n) is 5.05. The molecule has 1 aromatic carbocycles. The monoisotopic (exact) mass is 301 g/mol. The van der Waals surface area contributed by atoms with Crippen LogP contribution >= 0.6 is 23.8 Å². The number of primary amides is 1. The van der Waals surface area contributed by atoms with E-state index >= 15 is 0 Å². The molecule has 0 radical (unpaired) electrons. The van der Waals surface area contributed by atoms with Crippen LogP contribution in [0.15, 0.2) is 12.1 Å². The summed E-state index contributed by atoms with van der Waals surface area (Å²) in [7, 11) is 0. The molecular weight excluding hydrogens is 289 g/mol. The minimum Gasteiger partial charge on any atom is -0.369 e. The van der Waals surface area contributed by atoms with E-state index in [0.717, 1.165) is 0 Å². The quantitative estimate of drug-likeness (QED) is 0.856. The van der Waals surface area contributed by atoms with Gasteiger partial charge in [0.2, 0.25) is 5.91 Å². The lowest BCUT2D eigenvalue weighted by Gasteiger charge is -2.21. The number of halogens is 2. The summed E-state index contributed by atoms with van der Waals surface area (Å²) in [5.41, 5.74) is 5.73. The van der Waals surface area contributed by atoms with Crippen LogP contribution in [0.25, 0.3) is 11.0 Å². The Morgan fingerprint density at radius 3 is 2.79 bits per heavy atom. The predicted molar refractivity (Wildman–Crippen MR) is 75.1 cm³/mol. The minimum atomic E-state index is -0.788. The molecule has 0 saturated carbocycles. The van der Waals surface area contributed by atoms with Gasteiger partial charge in [-0.25, -0.2) is 4.39 Å². The highest BCUT2D eigenvalue weighted by molar-refractivity contribution is 7.71. The normalized spacial score (nSPS) is 12.0. The Morgan fingerprint density at radius 1 is 1.58 bits per heavy atom. The molecule has 0 aliphatic rings. The highest BCUT2D eigenvalue weighted by Gasteiger charge is 2.26. The number of benzene rings is 1. The maximum absolute atomic E-state index is 13.5. The molecule has 1 aromatic heterocycles. The van der Waals surface area contributed by atoms with E-state index in [4.69, 9.17) is 29.6 Å². The third kappa shape index (κ3) is 2.50. The fourth-order valence-corrected chi connectivity index (χ4v) is 2.22. The number of carbonyl (C=O) groups excluding carboxylic acids is 1. The maximum Gasteiger partial charge on any atom is 0.224 e. The van der Waals surface area contributed by atoms with Gasteiger partial charge in [-0.05, 0) is 32.1 Å². The van der Waals surface area contributed by atoms with Crippen molar-refractivity contribution in [1.82, 2.24) is 9.55 Å². The van der Waals surface area contributed by atoms with Gasteiger partial charge in [-0.1, -0.05) is 11.6 Å². The first-order valence-electron chi connectivity index (χ1n) is 5.60. The van der Waals surface area contributed by atoms with Crippen LogP contribution in [0.2, 0.25) is 5.02 Å². The highest BCUT2D eigenvalue weighted by Crippen LogP contribution is 2.26. The summed E-state index contributed by atoms with van der Waals surface area (Å²) < 4.78 is 15.6. The number of fused-ring (bicyclic) bond motifs is 1. The average molecular weight is 302 g/mol. The summed E-state index contributed by atoms with van der Waals surface area (Å²) in [5.74, 6) is -0.980.